The molecule has 4 heteroatoms. The molecule has 0 spiro atoms. The van der Waals surface area contributed by atoms with E-state index in [1.54, 1.807) is 6.92 Å². The third-order valence-corrected chi connectivity index (χ3v) is 7.15. The summed E-state index contributed by atoms with van der Waals surface area (Å²) in [6, 6.07) is 0. The van der Waals surface area contributed by atoms with E-state index < -0.39 is 0 Å². The number of nitrogens with one attached hydrogen (secondary N) is 2. The van der Waals surface area contributed by atoms with Crippen LogP contribution in [0.25, 0.3) is 0 Å². The Morgan fingerprint density at radius 2 is 1.44 bits per heavy atom. The molecule has 4 nitrogen and oxygen atoms in total. The van der Waals surface area contributed by atoms with Gasteiger partial charge in [0.15, 0.2) is 12.3 Å². The van der Waals surface area contributed by atoms with Gasteiger partial charge >= 0.3 is 0 Å². The fourth-order valence-electron chi connectivity index (χ4n) is 5.01. The van der Waals surface area contributed by atoms with Crippen molar-refractivity contribution in [2.24, 2.45) is 0 Å². The average molecular weight is 449 g/mol. The van der Waals surface area contributed by atoms with E-state index in [2.05, 4.69) is 49.8 Å². The van der Waals surface area contributed by atoms with Crippen molar-refractivity contribution >= 4 is 5.91 Å². The number of carbonyl (C=O) groups is 1. The van der Waals surface area contributed by atoms with Crippen LogP contribution in [0.3, 0.4) is 0 Å². The molecule has 1 aliphatic heterocycles. The second kappa shape index (κ2) is 18.2. The Morgan fingerprint density at radius 1 is 0.906 bits per heavy atom. The van der Waals surface area contributed by atoms with Gasteiger partial charge in [-0.3, -0.25) is 9.28 Å². The van der Waals surface area contributed by atoms with Gasteiger partial charge in [0.1, 0.15) is 6.20 Å². The molecule has 0 aromatic carbocycles. The Bertz CT molecular complexity index is 531. The Balaban J connectivity index is 2.02. The number of carbonyl (C=O) groups excluding carboxylic acids is 1. The van der Waals surface area contributed by atoms with E-state index >= 15 is 0 Å². The number of quaternary nitrogens is 1. The maximum absolute atomic E-state index is 11.5. The maximum Gasteiger partial charge on any atom is 0.221 e. The largest absolute Gasteiger partial charge is 0.337 e. The molecule has 32 heavy (non-hydrogen) atoms. The number of amides is 1. The van der Waals surface area contributed by atoms with E-state index in [0.717, 1.165) is 17.4 Å². The minimum absolute atomic E-state index is 0.0378. The van der Waals surface area contributed by atoms with Crippen LogP contribution in [0.5, 0.6) is 0 Å². The second-order valence-corrected chi connectivity index (χ2v) is 9.78. The molecule has 0 saturated carbocycles. The normalized spacial score (nSPS) is 21.2. The molecule has 0 aliphatic carbocycles. The molecule has 0 aromatic heterocycles. The molecule has 0 saturated heterocycles. The summed E-state index contributed by atoms with van der Waals surface area (Å²) < 4.78 is 0.767. The van der Waals surface area contributed by atoms with Gasteiger partial charge < -0.3 is 10.6 Å². The standard InChI is InChI=1S/C28H53N3O/c1-5-7-8-9-10-11-12-13-14-15-16-17-18-19-20-21-22-23-28-29-24-25-31(28,6-2)26(3)30-27(4)32/h21-22,24-26,28-29H,5-20,23H2,1-4H3/p+1/b22-21+. The Kier molecular flexibility index (Phi) is 16.3. The Labute approximate surface area is 199 Å². The smallest absolute Gasteiger partial charge is 0.221 e. The van der Waals surface area contributed by atoms with E-state index in [4.69, 9.17) is 0 Å². The second-order valence-electron chi connectivity index (χ2n) is 9.78. The molecular formula is C28H54N3O+. The third kappa shape index (κ3) is 11.5. The lowest BCUT2D eigenvalue weighted by atomic mass is 10.0. The van der Waals surface area contributed by atoms with Crippen molar-refractivity contribution in [2.45, 2.75) is 143 Å². The zero-order valence-corrected chi connectivity index (χ0v) is 21.8. The summed E-state index contributed by atoms with van der Waals surface area (Å²) in [5.41, 5.74) is 0. The van der Waals surface area contributed by atoms with E-state index in [1.165, 1.54) is 96.3 Å². The van der Waals surface area contributed by atoms with E-state index in [-0.39, 0.29) is 12.1 Å². The number of nitrogens with zero attached hydrogens (tertiary/aromatic N) is 1. The van der Waals surface area contributed by atoms with Crippen LogP contribution in [0, 0.1) is 0 Å². The molecule has 1 amide bonds. The lowest BCUT2D eigenvalue weighted by molar-refractivity contribution is -0.923. The van der Waals surface area contributed by atoms with Crippen LogP contribution in [-0.4, -0.2) is 29.3 Å². The summed E-state index contributed by atoms with van der Waals surface area (Å²) in [7, 11) is 0. The van der Waals surface area contributed by atoms with Gasteiger partial charge in [-0.05, 0) is 19.8 Å². The average Bonchev–Trinajstić information content (AvgIpc) is 3.19. The van der Waals surface area contributed by atoms with Crippen molar-refractivity contribution < 1.29 is 9.28 Å². The highest BCUT2D eigenvalue weighted by atomic mass is 16.1. The highest BCUT2D eigenvalue weighted by Crippen LogP contribution is 2.24. The van der Waals surface area contributed by atoms with E-state index in [9.17, 15) is 4.79 Å². The lowest BCUT2D eigenvalue weighted by Gasteiger charge is -2.41. The first kappa shape index (κ1) is 28.7. The monoisotopic (exact) mass is 448 g/mol. The number of unbranched alkanes of at least 4 members (excludes halogenated alkanes) is 14. The lowest BCUT2D eigenvalue weighted by Crippen LogP contribution is -2.62. The fourth-order valence-corrected chi connectivity index (χ4v) is 5.01. The Morgan fingerprint density at radius 3 is 1.94 bits per heavy atom. The van der Waals surface area contributed by atoms with Gasteiger partial charge in [-0.25, -0.2) is 0 Å². The van der Waals surface area contributed by atoms with Crippen LogP contribution in [0.2, 0.25) is 0 Å². The van der Waals surface area contributed by atoms with Gasteiger partial charge in [-0.1, -0.05) is 103 Å². The highest BCUT2D eigenvalue weighted by molar-refractivity contribution is 5.72. The number of hydrogen-bond donors (Lipinski definition) is 2. The molecule has 0 aromatic rings. The molecular weight excluding hydrogens is 394 g/mol. The van der Waals surface area contributed by atoms with Gasteiger partial charge in [0.25, 0.3) is 0 Å². The molecule has 186 valence electrons. The van der Waals surface area contributed by atoms with Crippen molar-refractivity contribution in [3.8, 4) is 0 Å². The van der Waals surface area contributed by atoms with Gasteiger partial charge in [0.2, 0.25) is 5.91 Å². The molecule has 1 rings (SSSR count). The van der Waals surface area contributed by atoms with Crippen LogP contribution in [0.4, 0.5) is 0 Å². The summed E-state index contributed by atoms with van der Waals surface area (Å²) in [5.74, 6) is 0.0378. The first-order chi connectivity index (χ1) is 15.6. The third-order valence-electron chi connectivity index (χ3n) is 7.15. The predicted molar refractivity (Wildman–Crippen MR) is 139 cm³/mol. The molecule has 1 heterocycles. The molecule has 0 bridgehead atoms. The maximum atomic E-state index is 11.5. The topological polar surface area (TPSA) is 41.1 Å². The SMILES string of the molecule is CCCCCCCCCCCCCCCC/C=C/CC1NC=C[N+]1(CC)C(C)NC(C)=O. The highest BCUT2D eigenvalue weighted by Gasteiger charge is 2.41. The van der Waals surface area contributed by atoms with Gasteiger partial charge in [-0.15, -0.1) is 0 Å². The number of hydrogen-bond acceptors (Lipinski definition) is 2. The Hall–Kier alpha value is -1.29. The van der Waals surface area contributed by atoms with Gasteiger partial charge in [0, 0.05) is 20.3 Å². The molecule has 3 unspecified atom stereocenters. The summed E-state index contributed by atoms with van der Waals surface area (Å²) in [6.07, 6.45) is 31.3. The van der Waals surface area contributed by atoms with Crippen molar-refractivity contribution in [1.82, 2.24) is 10.6 Å². The van der Waals surface area contributed by atoms with Crippen molar-refractivity contribution in [2.75, 3.05) is 6.54 Å². The summed E-state index contributed by atoms with van der Waals surface area (Å²) in [4.78, 5) is 11.5. The predicted octanol–water partition coefficient (Wildman–Crippen LogP) is 7.52. The van der Waals surface area contributed by atoms with Crippen LogP contribution in [0.15, 0.2) is 24.6 Å². The zero-order chi connectivity index (χ0) is 23.5. The van der Waals surface area contributed by atoms with Crippen LogP contribution in [0.1, 0.15) is 130 Å². The van der Waals surface area contributed by atoms with Crippen molar-refractivity contribution in [3.05, 3.63) is 24.6 Å². The van der Waals surface area contributed by atoms with E-state index in [0.29, 0.717) is 6.17 Å². The fraction of sp³-hybridized carbons (Fsp3) is 0.821. The van der Waals surface area contributed by atoms with Gasteiger partial charge in [-0.2, -0.15) is 0 Å². The van der Waals surface area contributed by atoms with Gasteiger partial charge in [0.05, 0.1) is 12.7 Å². The number of rotatable bonds is 20. The number of allylic oxidation sites excluding steroid dienone is 1. The minimum atomic E-state index is 0.0378. The van der Waals surface area contributed by atoms with Crippen molar-refractivity contribution in [1.29, 1.82) is 0 Å². The minimum Gasteiger partial charge on any atom is -0.337 e. The zero-order valence-electron chi connectivity index (χ0n) is 21.8. The van der Waals surface area contributed by atoms with Crippen LogP contribution < -0.4 is 10.6 Å². The van der Waals surface area contributed by atoms with Crippen LogP contribution in [-0.2, 0) is 4.79 Å². The quantitative estimate of drug-likeness (QED) is 0.115. The van der Waals surface area contributed by atoms with Crippen molar-refractivity contribution in [3.63, 3.8) is 0 Å². The molecule has 1 aliphatic rings. The molecule has 3 atom stereocenters. The first-order valence-corrected chi connectivity index (χ1v) is 13.8. The summed E-state index contributed by atoms with van der Waals surface area (Å²) in [5, 5.41) is 6.58. The van der Waals surface area contributed by atoms with Crippen LogP contribution >= 0.6 is 0 Å². The molecule has 0 fully saturated rings. The molecule has 0 radical (unpaired) electrons. The first-order valence-electron chi connectivity index (χ1n) is 13.8. The van der Waals surface area contributed by atoms with E-state index in [1.807, 2.05) is 6.20 Å². The summed E-state index contributed by atoms with van der Waals surface area (Å²) in [6.45, 7) is 9.15. The summed E-state index contributed by atoms with van der Waals surface area (Å²) >= 11 is 0. The molecule has 2 N–H and O–H groups in total.